The third-order valence-electron chi connectivity index (χ3n) is 5.70. The monoisotopic (exact) mass is 474 g/mol. The number of ether oxygens (including phenoxy) is 1. The molecule has 174 valence electrons. The molecule has 3 aromatic rings. The van der Waals surface area contributed by atoms with Crippen LogP contribution in [0, 0.1) is 0 Å². The van der Waals surface area contributed by atoms with Gasteiger partial charge in [-0.1, -0.05) is 42.5 Å². The Morgan fingerprint density at radius 2 is 1.70 bits per heavy atom. The molecule has 0 saturated carbocycles. The van der Waals surface area contributed by atoms with Crippen molar-refractivity contribution >= 4 is 11.4 Å². The van der Waals surface area contributed by atoms with E-state index >= 15 is 0 Å². The highest BCUT2D eigenvalue weighted by atomic mass is 32.2. The van der Waals surface area contributed by atoms with Gasteiger partial charge in [0.25, 0.3) is 0 Å². The second kappa shape index (κ2) is 10.2. The van der Waals surface area contributed by atoms with E-state index in [1.54, 1.807) is 7.11 Å². The summed E-state index contributed by atoms with van der Waals surface area (Å²) in [6.45, 7) is 2.28. The molecular formula is C25H25F3N2O2S. The van der Waals surface area contributed by atoms with Crippen molar-refractivity contribution in [2.45, 2.75) is 30.1 Å². The number of alkyl halides is 3. The fraction of sp³-hybridized carbons (Fsp3) is 0.280. The SMILES string of the molecule is COc1ccc(-c2ccc(CN3CC[C@@H](N[S+]([O-])c4cccc(C(F)(F)F)c4)C3)cc2)cc1. The Hall–Kier alpha value is -2.52. The van der Waals surface area contributed by atoms with E-state index in [4.69, 9.17) is 4.74 Å². The minimum atomic E-state index is -4.45. The standard InChI is InChI=1S/C25H25F3N2O2S/c1-32-23-11-9-20(10-12-23)19-7-5-18(6-8-19)16-30-14-13-22(17-30)29-33(31)24-4-2-3-21(15-24)25(26,27)28/h2-12,15,22,29H,13-14,16-17H2,1H3/t22-,33?/m1/s1. The molecule has 0 aromatic heterocycles. The zero-order valence-corrected chi connectivity index (χ0v) is 19.0. The van der Waals surface area contributed by atoms with Gasteiger partial charge in [-0.15, -0.1) is 4.72 Å². The molecule has 2 atom stereocenters. The van der Waals surface area contributed by atoms with Crippen molar-refractivity contribution in [1.82, 2.24) is 9.62 Å². The van der Waals surface area contributed by atoms with Crippen molar-refractivity contribution < 1.29 is 22.5 Å². The number of methoxy groups -OCH3 is 1. The Kier molecular flexibility index (Phi) is 7.29. The number of benzene rings is 3. The van der Waals surface area contributed by atoms with Crippen molar-refractivity contribution in [3.63, 3.8) is 0 Å². The summed E-state index contributed by atoms with van der Waals surface area (Å²) in [5.74, 6) is 0.821. The largest absolute Gasteiger partial charge is 0.593 e. The van der Waals surface area contributed by atoms with E-state index in [1.165, 1.54) is 17.7 Å². The first-order valence-electron chi connectivity index (χ1n) is 10.6. The lowest BCUT2D eigenvalue weighted by Gasteiger charge is -2.18. The number of likely N-dealkylation sites (tertiary alicyclic amines) is 1. The number of nitrogens with zero attached hydrogens (tertiary/aromatic N) is 1. The summed E-state index contributed by atoms with van der Waals surface area (Å²) < 4.78 is 59.5. The number of halogens is 3. The van der Waals surface area contributed by atoms with Gasteiger partial charge in [-0.05, 0) is 47.4 Å². The van der Waals surface area contributed by atoms with Crippen LogP contribution in [0.15, 0.2) is 77.7 Å². The van der Waals surface area contributed by atoms with Crippen LogP contribution in [-0.2, 0) is 24.1 Å². The van der Waals surface area contributed by atoms with Gasteiger partial charge in [0.1, 0.15) is 5.75 Å². The summed E-state index contributed by atoms with van der Waals surface area (Å²) in [6, 6.07) is 20.9. The fourth-order valence-corrected chi connectivity index (χ4v) is 4.99. The fourth-order valence-electron chi connectivity index (χ4n) is 3.92. The zero-order chi connectivity index (χ0) is 23.4. The van der Waals surface area contributed by atoms with Crippen molar-refractivity contribution in [3.8, 4) is 16.9 Å². The summed E-state index contributed by atoms with van der Waals surface area (Å²) in [6.07, 6.45) is -3.66. The van der Waals surface area contributed by atoms with Gasteiger partial charge in [0, 0.05) is 25.7 Å². The normalized spacial score (nSPS) is 17.8. The second-order valence-electron chi connectivity index (χ2n) is 8.06. The number of hydrogen-bond acceptors (Lipinski definition) is 4. The van der Waals surface area contributed by atoms with E-state index in [0.717, 1.165) is 48.5 Å². The quantitative estimate of drug-likeness (QED) is 0.474. The maximum Gasteiger partial charge on any atom is 0.416 e. The van der Waals surface area contributed by atoms with Crippen LogP contribution in [0.4, 0.5) is 13.2 Å². The molecule has 0 spiro atoms. The Morgan fingerprint density at radius 3 is 2.33 bits per heavy atom. The summed E-state index contributed by atoms with van der Waals surface area (Å²) in [5, 5.41) is 0. The smallest absolute Gasteiger partial charge is 0.416 e. The number of nitrogens with one attached hydrogen (secondary N) is 1. The molecule has 8 heteroatoms. The zero-order valence-electron chi connectivity index (χ0n) is 18.1. The molecule has 0 radical (unpaired) electrons. The van der Waals surface area contributed by atoms with Crippen LogP contribution in [0.2, 0.25) is 0 Å². The second-order valence-corrected chi connectivity index (χ2v) is 9.30. The van der Waals surface area contributed by atoms with Crippen LogP contribution < -0.4 is 9.46 Å². The van der Waals surface area contributed by atoms with Gasteiger partial charge in [-0.25, -0.2) is 0 Å². The maximum absolute atomic E-state index is 12.9. The topological polar surface area (TPSA) is 47.6 Å². The van der Waals surface area contributed by atoms with Gasteiger partial charge in [0.05, 0.1) is 30.1 Å². The van der Waals surface area contributed by atoms with E-state index in [9.17, 15) is 17.7 Å². The molecule has 33 heavy (non-hydrogen) atoms. The highest BCUT2D eigenvalue weighted by Crippen LogP contribution is 2.30. The minimum Gasteiger partial charge on any atom is -0.593 e. The van der Waals surface area contributed by atoms with Crippen LogP contribution in [-0.4, -0.2) is 35.7 Å². The molecule has 0 amide bonds. The van der Waals surface area contributed by atoms with E-state index in [2.05, 4.69) is 33.9 Å². The maximum atomic E-state index is 12.9. The lowest BCUT2D eigenvalue weighted by molar-refractivity contribution is -0.137. The van der Waals surface area contributed by atoms with Gasteiger partial charge in [0.2, 0.25) is 0 Å². The first-order valence-corrected chi connectivity index (χ1v) is 11.8. The van der Waals surface area contributed by atoms with E-state index in [0.29, 0.717) is 6.54 Å². The Balaban J connectivity index is 1.31. The summed E-state index contributed by atoms with van der Waals surface area (Å²) >= 11 is -1.69. The van der Waals surface area contributed by atoms with Gasteiger partial charge in [-0.3, -0.25) is 4.90 Å². The molecule has 0 aliphatic carbocycles. The van der Waals surface area contributed by atoms with Gasteiger partial charge in [-0.2, -0.15) is 13.2 Å². The highest BCUT2D eigenvalue weighted by molar-refractivity contribution is 7.89. The van der Waals surface area contributed by atoms with Crippen molar-refractivity contribution in [1.29, 1.82) is 0 Å². The van der Waals surface area contributed by atoms with Crippen molar-refractivity contribution in [2.24, 2.45) is 0 Å². The number of hydrogen-bond donors (Lipinski definition) is 1. The predicted octanol–water partition coefficient (Wildman–Crippen LogP) is 5.27. The molecule has 1 heterocycles. The molecule has 3 aromatic carbocycles. The average molecular weight is 475 g/mol. The van der Waals surface area contributed by atoms with E-state index in [-0.39, 0.29) is 10.9 Å². The highest BCUT2D eigenvalue weighted by Gasteiger charge is 2.33. The van der Waals surface area contributed by atoms with Crippen LogP contribution in [0.3, 0.4) is 0 Å². The number of rotatable bonds is 7. The van der Waals surface area contributed by atoms with Crippen LogP contribution in [0.5, 0.6) is 5.75 Å². The molecule has 4 nitrogen and oxygen atoms in total. The van der Waals surface area contributed by atoms with Crippen molar-refractivity contribution in [3.05, 3.63) is 83.9 Å². The summed E-state index contributed by atoms with van der Waals surface area (Å²) in [5.41, 5.74) is 2.62. The molecule has 4 rings (SSSR count). The molecule has 1 aliphatic heterocycles. The molecular weight excluding hydrogens is 449 g/mol. The molecule has 1 unspecified atom stereocenters. The van der Waals surface area contributed by atoms with Crippen LogP contribution in [0.1, 0.15) is 17.5 Å². The third-order valence-corrected chi connectivity index (χ3v) is 6.93. The molecule has 1 N–H and O–H groups in total. The lowest BCUT2D eigenvalue weighted by Crippen LogP contribution is -2.37. The Labute approximate surface area is 194 Å². The first-order chi connectivity index (χ1) is 15.8. The van der Waals surface area contributed by atoms with Crippen LogP contribution >= 0.6 is 0 Å². The first kappa shape index (κ1) is 23.6. The van der Waals surface area contributed by atoms with Crippen LogP contribution in [0.25, 0.3) is 11.1 Å². The lowest BCUT2D eigenvalue weighted by atomic mass is 10.0. The third kappa shape index (κ3) is 6.09. The summed E-state index contributed by atoms with van der Waals surface area (Å²) in [4.78, 5) is 2.39. The van der Waals surface area contributed by atoms with E-state index in [1.807, 2.05) is 24.3 Å². The van der Waals surface area contributed by atoms with Gasteiger partial charge < -0.3 is 9.29 Å². The Morgan fingerprint density at radius 1 is 1.03 bits per heavy atom. The molecule has 0 bridgehead atoms. The van der Waals surface area contributed by atoms with Crippen molar-refractivity contribution in [2.75, 3.05) is 20.2 Å². The Bertz CT molecular complexity index is 1060. The minimum absolute atomic E-state index is 0.0426. The van der Waals surface area contributed by atoms with Gasteiger partial charge in [0.15, 0.2) is 4.90 Å². The molecule has 1 saturated heterocycles. The predicted molar refractivity (Wildman–Crippen MR) is 123 cm³/mol. The van der Waals surface area contributed by atoms with Gasteiger partial charge >= 0.3 is 6.18 Å². The molecule has 1 fully saturated rings. The van der Waals surface area contributed by atoms with E-state index < -0.39 is 23.1 Å². The average Bonchev–Trinajstić information content (AvgIpc) is 3.25. The summed E-state index contributed by atoms with van der Waals surface area (Å²) in [7, 11) is 1.64. The molecule has 1 aliphatic rings.